The van der Waals surface area contributed by atoms with Crippen LogP contribution in [0.1, 0.15) is 19.3 Å². The highest BCUT2D eigenvalue weighted by molar-refractivity contribution is 5.97. The Labute approximate surface area is 171 Å². The van der Waals surface area contributed by atoms with Crippen molar-refractivity contribution in [1.29, 1.82) is 0 Å². The number of hydrogen-bond donors (Lipinski definition) is 0. The Hall–Kier alpha value is -3.05. The Bertz CT molecular complexity index is 1090. The van der Waals surface area contributed by atoms with Gasteiger partial charge in [-0.15, -0.1) is 0 Å². The summed E-state index contributed by atoms with van der Waals surface area (Å²) in [7, 11) is 0. The van der Waals surface area contributed by atoms with E-state index in [1.54, 1.807) is 0 Å². The van der Waals surface area contributed by atoms with Crippen LogP contribution in [0.3, 0.4) is 0 Å². The molecule has 0 bridgehead atoms. The normalized spacial score (nSPS) is 14.6. The van der Waals surface area contributed by atoms with Gasteiger partial charge in [0.2, 0.25) is 0 Å². The Morgan fingerprint density at radius 1 is 0.793 bits per heavy atom. The van der Waals surface area contributed by atoms with Crippen LogP contribution in [0.15, 0.2) is 67.1 Å². The van der Waals surface area contributed by atoms with Crippen molar-refractivity contribution >= 4 is 10.9 Å². The van der Waals surface area contributed by atoms with Gasteiger partial charge in [0.15, 0.2) is 0 Å². The molecule has 1 aliphatic heterocycles. The van der Waals surface area contributed by atoms with Crippen LogP contribution in [0.25, 0.3) is 33.4 Å². The summed E-state index contributed by atoms with van der Waals surface area (Å²) in [4.78, 5) is 11.7. The summed E-state index contributed by atoms with van der Waals surface area (Å²) < 4.78 is 2.09. The highest BCUT2D eigenvalue weighted by Crippen LogP contribution is 2.34. The second kappa shape index (κ2) is 8.13. The van der Waals surface area contributed by atoms with Gasteiger partial charge in [0.1, 0.15) is 5.69 Å². The van der Waals surface area contributed by atoms with E-state index in [9.17, 15) is 0 Å². The standard InChI is InChI=1S/C24H25N5/c1-2-9-22-20(8-1)19(11-13-26-22)21-18-29(17-7-16-28-14-5-6-15-28)27-24(21)23-10-3-4-12-25-23/h1-4,8-13,18H,5-7,14-17H2. The Morgan fingerprint density at radius 2 is 1.66 bits per heavy atom. The van der Waals surface area contributed by atoms with E-state index in [2.05, 4.69) is 50.0 Å². The van der Waals surface area contributed by atoms with E-state index in [0.29, 0.717) is 0 Å². The van der Waals surface area contributed by atoms with Crippen molar-refractivity contribution in [2.45, 2.75) is 25.8 Å². The molecule has 29 heavy (non-hydrogen) atoms. The molecule has 1 aromatic carbocycles. The third-order valence-corrected chi connectivity index (χ3v) is 5.67. The summed E-state index contributed by atoms with van der Waals surface area (Å²) in [6, 6.07) is 16.4. The quantitative estimate of drug-likeness (QED) is 0.486. The smallest absolute Gasteiger partial charge is 0.119 e. The van der Waals surface area contributed by atoms with E-state index < -0.39 is 0 Å². The number of hydrogen-bond acceptors (Lipinski definition) is 4. The zero-order chi connectivity index (χ0) is 19.5. The van der Waals surface area contributed by atoms with Crippen molar-refractivity contribution in [3.05, 3.63) is 67.1 Å². The molecule has 1 saturated heterocycles. The fourth-order valence-corrected chi connectivity index (χ4v) is 4.22. The van der Waals surface area contributed by atoms with E-state index in [1.165, 1.54) is 25.9 Å². The summed E-state index contributed by atoms with van der Waals surface area (Å²) in [6.07, 6.45) is 9.67. The Kier molecular flexibility index (Phi) is 5.05. The van der Waals surface area contributed by atoms with E-state index in [1.807, 2.05) is 36.7 Å². The number of aromatic nitrogens is 4. The minimum absolute atomic E-state index is 0.904. The lowest BCUT2D eigenvalue weighted by molar-refractivity contribution is 0.322. The van der Waals surface area contributed by atoms with E-state index in [-0.39, 0.29) is 0 Å². The second-order valence-corrected chi connectivity index (χ2v) is 7.65. The highest BCUT2D eigenvalue weighted by atomic mass is 15.3. The predicted octanol–water partition coefficient (Wildman–Crippen LogP) is 4.65. The maximum Gasteiger partial charge on any atom is 0.119 e. The molecule has 5 heteroatoms. The molecule has 3 aromatic heterocycles. The first-order valence-electron chi connectivity index (χ1n) is 10.4. The van der Waals surface area contributed by atoms with Crippen molar-refractivity contribution in [2.75, 3.05) is 19.6 Å². The lowest BCUT2D eigenvalue weighted by Gasteiger charge is -2.13. The number of pyridine rings is 2. The molecule has 1 aliphatic rings. The van der Waals surface area contributed by atoms with Gasteiger partial charge in [-0.25, -0.2) is 0 Å². The van der Waals surface area contributed by atoms with E-state index in [0.717, 1.165) is 52.9 Å². The monoisotopic (exact) mass is 383 g/mol. The summed E-state index contributed by atoms with van der Waals surface area (Å²) >= 11 is 0. The van der Waals surface area contributed by atoms with Crippen LogP contribution in [0, 0.1) is 0 Å². The van der Waals surface area contributed by atoms with Crippen LogP contribution in [0.4, 0.5) is 0 Å². The Balaban J connectivity index is 1.51. The molecule has 0 amide bonds. The van der Waals surface area contributed by atoms with Crippen molar-refractivity contribution in [3.8, 4) is 22.5 Å². The minimum atomic E-state index is 0.904. The third-order valence-electron chi connectivity index (χ3n) is 5.67. The summed E-state index contributed by atoms with van der Waals surface area (Å²) in [5.41, 5.74) is 5.11. The third kappa shape index (κ3) is 3.78. The molecule has 0 atom stereocenters. The number of rotatable bonds is 6. The molecular weight excluding hydrogens is 358 g/mol. The largest absolute Gasteiger partial charge is 0.303 e. The van der Waals surface area contributed by atoms with Crippen molar-refractivity contribution in [2.24, 2.45) is 0 Å². The predicted molar refractivity (Wildman–Crippen MR) is 116 cm³/mol. The molecular formula is C24H25N5. The van der Waals surface area contributed by atoms with Gasteiger partial charge in [-0.05, 0) is 68.7 Å². The lowest BCUT2D eigenvalue weighted by atomic mass is 10.0. The maximum absolute atomic E-state index is 4.94. The SMILES string of the molecule is c1ccc(-c2nn(CCCN3CCCC3)cc2-c2ccnc3ccccc23)nc1. The van der Waals surface area contributed by atoms with Gasteiger partial charge in [-0.3, -0.25) is 14.6 Å². The molecule has 1 fully saturated rings. The maximum atomic E-state index is 4.94. The molecule has 0 spiro atoms. The van der Waals surface area contributed by atoms with Crippen molar-refractivity contribution in [3.63, 3.8) is 0 Å². The van der Waals surface area contributed by atoms with Crippen LogP contribution in [-0.4, -0.2) is 44.3 Å². The first kappa shape index (κ1) is 18.0. The van der Waals surface area contributed by atoms with Gasteiger partial charge in [-0.1, -0.05) is 24.3 Å². The van der Waals surface area contributed by atoms with Crippen LogP contribution in [0.2, 0.25) is 0 Å². The van der Waals surface area contributed by atoms with Gasteiger partial charge >= 0.3 is 0 Å². The van der Waals surface area contributed by atoms with Gasteiger partial charge in [-0.2, -0.15) is 5.10 Å². The number of para-hydroxylation sites is 1. The van der Waals surface area contributed by atoms with Gasteiger partial charge in [0, 0.05) is 36.1 Å². The molecule has 4 heterocycles. The van der Waals surface area contributed by atoms with Gasteiger partial charge in [0.25, 0.3) is 0 Å². The number of benzene rings is 1. The average molecular weight is 383 g/mol. The molecule has 5 nitrogen and oxygen atoms in total. The van der Waals surface area contributed by atoms with E-state index >= 15 is 0 Å². The number of likely N-dealkylation sites (tertiary alicyclic amines) is 1. The lowest BCUT2D eigenvalue weighted by Crippen LogP contribution is -2.21. The summed E-state index contributed by atoms with van der Waals surface area (Å²) in [5, 5.41) is 6.09. The molecule has 0 aliphatic carbocycles. The number of fused-ring (bicyclic) bond motifs is 1. The summed E-state index contributed by atoms with van der Waals surface area (Å²) in [6.45, 7) is 4.55. The molecule has 4 aromatic rings. The second-order valence-electron chi connectivity index (χ2n) is 7.65. The number of nitrogens with zero attached hydrogens (tertiary/aromatic N) is 5. The Morgan fingerprint density at radius 3 is 2.52 bits per heavy atom. The van der Waals surface area contributed by atoms with Crippen LogP contribution in [0.5, 0.6) is 0 Å². The zero-order valence-electron chi connectivity index (χ0n) is 16.5. The first-order valence-corrected chi connectivity index (χ1v) is 10.4. The molecule has 0 N–H and O–H groups in total. The minimum Gasteiger partial charge on any atom is -0.303 e. The molecule has 0 radical (unpaired) electrons. The van der Waals surface area contributed by atoms with Crippen LogP contribution < -0.4 is 0 Å². The van der Waals surface area contributed by atoms with Gasteiger partial charge < -0.3 is 4.90 Å². The molecule has 0 unspecified atom stereocenters. The topological polar surface area (TPSA) is 46.8 Å². The van der Waals surface area contributed by atoms with Crippen LogP contribution >= 0.6 is 0 Å². The van der Waals surface area contributed by atoms with Crippen molar-refractivity contribution in [1.82, 2.24) is 24.6 Å². The van der Waals surface area contributed by atoms with Crippen molar-refractivity contribution < 1.29 is 0 Å². The first-order chi connectivity index (χ1) is 14.4. The fourth-order valence-electron chi connectivity index (χ4n) is 4.22. The highest BCUT2D eigenvalue weighted by Gasteiger charge is 2.17. The fraction of sp³-hybridized carbons (Fsp3) is 0.292. The molecule has 146 valence electrons. The summed E-state index contributed by atoms with van der Waals surface area (Å²) in [5.74, 6) is 0. The molecule has 0 saturated carbocycles. The van der Waals surface area contributed by atoms with Crippen LogP contribution in [-0.2, 0) is 6.54 Å². The molecule has 5 rings (SSSR count). The van der Waals surface area contributed by atoms with E-state index in [4.69, 9.17) is 5.10 Å². The number of aryl methyl sites for hydroxylation is 1. The van der Waals surface area contributed by atoms with Gasteiger partial charge in [0.05, 0.1) is 11.2 Å². The zero-order valence-corrected chi connectivity index (χ0v) is 16.5. The average Bonchev–Trinajstić information content (AvgIpc) is 3.44.